The van der Waals surface area contributed by atoms with E-state index in [4.69, 9.17) is 0 Å². The van der Waals surface area contributed by atoms with Gasteiger partial charge in [-0.15, -0.1) is 0 Å². The molecule has 0 bridgehead atoms. The lowest BCUT2D eigenvalue weighted by atomic mass is 10.0. The molecule has 188 valence electrons. The Morgan fingerprint density at radius 1 is 0.811 bits per heavy atom. The predicted octanol–water partition coefficient (Wildman–Crippen LogP) is 2.41. The fourth-order valence-corrected chi connectivity index (χ4v) is 5.56. The van der Waals surface area contributed by atoms with Crippen molar-refractivity contribution in [3.05, 3.63) is 90.8 Å². The molecule has 2 aromatic heterocycles. The lowest BCUT2D eigenvalue weighted by molar-refractivity contribution is -0.129. The minimum atomic E-state index is -3.64. The number of piperazine rings is 1. The minimum absolute atomic E-state index is 0.0500. The standard InChI is InChI=1S/C26H24N6O4S/c1-19(33)30-12-14-32(15-13-30)37(35,36)24-8-6-21(7-9-24)20-2-4-22(5-3-20)25(34)23-16-28-26(29-17-23)31-11-10-27-18-31/h2-11,16-18H,12-15H2,1H3. The molecule has 0 aliphatic carbocycles. The maximum atomic E-state index is 13.0. The molecule has 37 heavy (non-hydrogen) atoms. The van der Waals surface area contributed by atoms with E-state index in [2.05, 4.69) is 15.0 Å². The van der Waals surface area contributed by atoms with E-state index in [0.717, 1.165) is 11.1 Å². The average molecular weight is 517 g/mol. The van der Waals surface area contributed by atoms with Gasteiger partial charge in [-0.25, -0.2) is 23.4 Å². The van der Waals surface area contributed by atoms with Gasteiger partial charge in [0.25, 0.3) is 0 Å². The number of hydrogen-bond donors (Lipinski definition) is 0. The van der Waals surface area contributed by atoms with Gasteiger partial charge in [-0.3, -0.25) is 14.2 Å². The highest BCUT2D eigenvalue weighted by atomic mass is 32.2. The molecule has 0 spiro atoms. The highest BCUT2D eigenvalue weighted by molar-refractivity contribution is 7.89. The van der Waals surface area contributed by atoms with Crippen molar-refractivity contribution in [3.63, 3.8) is 0 Å². The second kappa shape index (κ2) is 10.0. The number of ketones is 1. The molecular weight excluding hydrogens is 492 g/mol. The highest BCUT2D eigenvalue weighted by Crippen LogP contribution is 2.24. The predicted molar refractivity (Wildman–Crippen MR) is 135 cm³/mol. The molecule has 1 amide bonds. The summed E-state index contributed by atoms with van der Waals surface area (Å²) in [4.78, 5) is 38.6. The van der Waals surface area contributed by atoms with Crippen molar-refractivity contribution in [2.45, 2.75) is 11.8 Å². The SMILES string of the molecule is CC(=O)N1CCN(S(=O)(=O)c2ccc(-c3ccc(C(=O)c4cnc(-n5ccnc5)nc4)cc3)cc2)CC1. The van der Waals surface area contributed by atoms with Crippen molar-refractivity contribution in [1.82, 2.24) is 28.7 Å². The maximum absolute atomic E-state index is 13.0. The van der Waals surface area contributed by atoms with E-state index in [0.29, 0.717) is 30.2 Å². The molecule has 4 aromatic rings. The number of rotatable bonds is 6. The molecule has 3 heterocycles. The van der Waals surface area contributed by atoms with Gasteiger partial charge in [0.05, 0.1) is 10.5 Å². The third-order valence-electron chi connectivity index (χ3n) is 6.29. The number of hydrogen-bond acceptors (Lipinski definition) is 7. The Morgan fingerprint density at radius 3 is 1.95 bits per heavy atom. The summed E-state index contributed by atoms with van der Waals surface area (Å²) in [5.41, 5.74) is 2.54. The maximum Gasteiger partial charge on any atom is 0.243 e. The molecule has 1 fully saturated rings. The van der Waals surface area contributed by atoms with Gasteiger partial charge in [-0.1, -0.05) is 36.4 Å². The van der Waals surface area contributed by atoms with Gasteiger partial charge in [-0.2, -0.15) is 4.31 Å². The smallest absolute Gasteiger partial charge is 0.243 e. The molecule has 0 saturated carbocycles. The van der Waals surface area contributed by atoms with Crippen molar-refractivity contribution < 1.29 is 18.0 Å². The van der Waals surface area contributed by atoms with Crippen molar-refractivity contribution >= 4 is 21.7 Å². The molecule has 0 atom stereocenters. The van der Waals surface area contributed by atoms with Gasteiger partial charge in [0.2, 0.25) is 21.9 Å². The van der Waals surface area contributed by atoms with Crippen molar-refractivity contribution in [2.75, 3.05) is 26.2 Å². The number of sulfonamides is 1. The molecule has 11 heteroatoms. The summed E-state index contributed by atoms with van der Waals surface area (Å²) in [5.74, 6) is 0.175. The van der Waals surface area contributed by atoms with Crippen LogP contribution in [0.1, 0.15) is 22.8 Å². The topological polar surface area (TPSA) is 118 Å². The first kappa shape index (κ1) is 24.5. The number of amides is 1. The fraction of sp³-hybridized carbons (Fsp3) is 0.192. The Hall–Kier alpha value is -4.22. The summed E-state index contributed by atoms with van der Waals surface area (Å²) in [5, 5.41) is 0. The van der Waals surface area contributed by atoms with Crippen LogP contribution in [0.4, 0.5) is 0 Å². The molecule has 5 rings (SSSR count). The minimum Gasteiger partial charge on any atom is -0.340 e. The van der Waals surface area contributed by atoms with Gasteiger partial charge >= 0.3 is 0 Å². The number of aromatic nitrogens is 4. The van der Waals surface area contributed by atoms with Gasteiger partial charge < -0.3 is 4.90 Å². The zero-order valence-electron chi connectivity index (χ0n) is 20.1. The van der Waals surface area contributed by atoms with Crippen molar-refractivity contribution in [1.29, 1.82) is 0 Å². The molecule has 0 N–H and O–H groups in total. The Kier molecular flexibility index (Phi) is 6.64. The van der Waals surface area contributed by atoms with Crippen LogP contribution in [-0.4, -0.2) is 75.0 Å². The van der Waals surface area contributed by atoms with Gasteiger partial charge in [-0.05, 0) is 23.3 Å². The average Bonchev–Trinajstić information content (AvgIpc) is 3.48. The number of nitrogens with zero attached hydrogens (tertiary/aromatic N) is 6. The van der Waals surface area contributed by atoms with Crippen LogP contribution in [0.5, 0.6) is 0 Å². The monoisotopic (exact) mass is 516 g/mol. The molecular formula is C26H24N6O4S. The van der Waals surface area contributed by atoms with Crippen LogP contribution in [0.25, 0.3) is 17.1 Å². The zero-order chi connectivity index (χ0) is 26.0. The number of imidazole rings is 1. The lowest BCUT2D eigenvalue weighted by Crippen LogP contribution is -2.49. The second-order valence-electron chi connectivity index (χ2n) is 8.58. The third-order valence-corrected chi connectivity index (χ3v) is 8.21. The summed E-state index contributed by atoms with van der Waals surface area (Å²) < 4.78 is 29.1. The number of benzene rings is 2. The summed E-state index contributed by atoms with van der Waals surface area (Å²) in [6.07, 6.45) is 7.88. The number of carbonyl (C=O) groups is 2. The summed E-state index contributed by atoms with van der Waals surface area (Å²) >= 11 is 0. The molecule has 0 radical (unpaired) electrons. The van der Waals surface area contributed by atoms with Crippen LogP contribution in [0, 0.1) is 0 Å². The normalized spacial score (nSPS) is 14.5. The summed E-state index contributed by atoms with van der Waals surface area (Å²) in [7, 11) is -3.64. The van der Waals surface area contributed by atoms with Crippen LogP contribution >= 0.6 is 0 Å². The Bertz CT molecular complexity index is 1510. The molecule has 1 saturated heterocycles. The van der Waals surface area contributed by atoms with E-state index in [1.54, 1.807) is 64.6 Å². The summed E-state index contributed by atoms with van der Waals surface area (Å²) in [6, 6.07) is 13.7. The van der Waals surface area contributed by atoms with Gasteiger partial charge in [0.1, 0.15) is 6.33 Å². The van der Waals surface area contributed by atoms with Crippen LogP contribution in [0.3, 0.4) is 0 Å². The van der Waals surface area contributed by atoms with Crippen LogP contribution in [0.2, 0.25) is 0 Å². The van der Waals surface area contributed by atoms with Crippen molar-refractivity contribution in [2.24, 2.45) is 0 Å². The molecule has 10 nitrogen and oxygen atoms in total. The van der Waals surface area contributed by atoms with E-state index in [1.165, 1.54) is 23.6 Å². The van der Waals surface area contributed by atoms with E-state index >= 15 is 0 Å². The van der Waals surface area contributed by atoms with E-state index in [1.807, 2.05) is 12.1 Å². The van der Waals surface area contributed by atoms with Crippen molar-refractivity contribution in [3.8, 4) is 17.1 Å². The van der Waals surface area contributed by atoms with E-state index in [9.17, 15) is 18.0 Å². The Labute approximate surface area is 214 Å². The van der Waals surface area contributed by atoms with E-state index < -0.39 is 10.0 Å². The Balaban J connectivity index is 1.27. The van der Waals surface area contributed by atoms with E-state index in [-0.39, 0.29) is 29.7 Å². The molecule has 1 aliphatic rings. The third kappa shape index (κ3) is 5.04. The second-order valence-corrected chi connectivity index (χ2v) is 10.5. The van der Waals surface area contributed by atoms with Crippen LogP contribution in [0.15, 0.2) is 84.5 Å². The first-order valence-electron chi connectivity index (χ1n) is 11.6. The quantitative estimate of drug-likeness (QED) is 0.361. The first-order valence-corrected chi connectivity index (χ1v) is 13.1. The van der Waals surface area contributed by atoms with Crippen LogP contribution in [-0.2, 0) is 14.8 Å². The van der Waals surface area contributed by atoms with Crippen LogP contribution < -0.4 is 0 Å². The lowest BCUT2D eigenvalue weighted by Gasteiger charge is -2.33. The molecule has 2 aromatic carbocycles. The summed E-state index contributed by atoms with van der Waals surface area (Å²) in [6.45, 7) is 2.81. The first-order chi connectivity index (χ1) is 17.8. The van der Waals surface area contributed by atoms with Gasteiger partial charge in [0, 0.05) is 63.5 Å². The van der Waals surface area contributed by atoms with Gasteiger partial charge in [0.15, 0.2) is 5.78 Å². The zero-order valence-corrected chi connectivity index (χ0v) is 20.9. The largest absolute Gasteiger partial charge is 0.340 e. The fourth-order valence-electron chi connectivity index (χ4n) is 4.14. The highest BCUT2D eigenvalue weighted by Gasteiger charge is 2.29. The molecule has 1 aliphatic heterocycles. The number of carbonyl (C=O) groups excluding carboxylic acids is 2. The Morgan fingerprint density at radius 2 is 1.41 bits per heavy atom. The molecule has 0 unspecified atom stereocenters.